The number of piperidine rings is 1. The zero-order valence-electron chi connectivity index (χ0n) is 17.7. The van der Waals surface area contributed by atoms with Crippen LogP contribution in [0.25, 0.3) is 0 Å². The normalized spacial score (nSPS) is 32.6. The smallest absolute Gasteiger partial charge is 0.225 e. The zero-order valence-corrected chi connectivity index (χ0v) is 17.7. The van der Waals surface area contributed by atoms with E-state index in [2.05, 4.69) is 39.5 Å². The van der Waals surface area contributed by atoms with Crippen molar-refractivity contribution in [1.29, 1.82) is 0 Å². The Labute approximate surface area is 157 Å². The number of nitrogens with zero attached hydrogens (tertiary/aromatic N) is 1. The quantitative estimate of drug-likeness (QED) is 0.494. The van der Waals surface area contributed by atoms with Crippen LogP contribution in [0.3, 0.4) is 0 Å². The molecule has 2 rings (SSSR count). The molecule has 2 fully saturated rings. The fourth-order valence-corrected chi connectivity index (χ4v) is 5.73. The predicted octanol–water partition coefficient (Wildman–Crippen LogP) is 6.29. The second kappa shape index (κ2) is 9.42. The molecule has 146 valence electrons. The minimum Gasteiger partial charge on any atom is -0.342 e. The Morgan fingerprint density at radius 1 is 1.04 bits per heavy atom. The summed E-state index contributed by atoms with van der Waals surface area (Å²) >= 11 is 0. The molecule has 0 spiro atoms. The Kier molecular flexibility index (Phi) is 7.83. The van der Waals surface area contributed by atoms with Gasteiger partial charge in [-0.1, -0.05) is 73.1 Å². The molecule has 0 aromatic carbocycles. The van der Waals surface area contributed by atoms with Crippen molar-refractivity contribution in [3.8, 4) is 0 Å². The van der Waals surface area contributed by atoms with Crippen molar-refractivity contribution < 1.29 is 4.79 Å². The molecule has 0 aromatic rings. The van der Waals surface area contributed by atoms with Crippen LogP contribution in [0.5, 0.6) is 0 Å². The van der Waals surface area contributed by atoms with E-state index >= 15 is 0 Å². The highest BCUT2D eigenvalue weighted by Gasteiger charge is 2.48. The van der Waals surface area contributed by atoms with Crippen LogP contribution < -0.4 is 0 Å². The molecule has 1 amide bonds. The van der Waals surface area contributed by atoms with Crippen molar-refractivity contribution in [2.75, 3.05) is 13.1 Å². The zero-order chi connectivity index (χ0) is 18.4. The van der Waals surface area contributed by atoms with Gasteiger partial charge < -0.3 is 4.90 Å². The monoisotopic (exact) mass is 349 g/mol. The topological polar surface area (TPSA) is 20.3 Å². The predicted molar refractivity (Wildman–Crippen MR) is 108 cm³/mol. The van der Waals surface area contributed by atoms with Crippen LogP contribution >= 0.6 is 0 Å². The molecule has 1 heterocycles. The van der Waals surface area contributed by atoms with Crippen molar-refractivity contribution in [2.45, 2.75) is 98.8 Å². The minimum absolute atomic E-state index is 0.255. The molecule has 3 unspecified atom stereocenters. The molecule has 1 aliphatic heterocycles. The van der Waals surface area contributed by atoms with Crippen LogP contribution in [0.2, 0.25) is 0 Å². The Balaban J connectivity index is 2.01. The number of likely N-dealkylation sites (tertiary alicyclic amines) is 1. The van der Waals surface area contributed by atoms with Crippen LogP contribution in [0.1, 0.15) is 98.8 Å². The van der Waals surface area contributed by atoms with E-state index in [1.807, 2.05) is 0 Å². The summed E-state index contributed by atoms with van der Waals surface area (Å²) in [5, 5.41) is 0. The van der Waals surface area contributed by atoms with E-state index in [1.54, 1.807) is 0 Å². The highest BCUT2D eigenvalue weighted by Crippen LogP contribution is 2.51. The summed E-state index contributed by atoms with van der Waals surface area (Å²) in [7, 11) is 0. The van der Waals surface area contributed by atoms with Gasteiger partial charge in [0, 0.05) is 19.0 Å². The van der Waals surface area contributed by atoms with E-state index in [0.29, 0.717) is 23.2 Å². The van der Waals surface area contributed by atoms with E-state index < -0.39 is 0 Å². The van der Waals surface area contributed by atoms with E-state index in [9.17, 15) is 4.79 Å². The molecule has 2 aliphatic rings. The highest BCUT2D eigenvalue weighted by atomic mass is 16.2. The third kappa shape index (κ3) is 4.61. The summed E-state index contributed by atoms with van der Waals surface area (Å²) in [5.41, 5.74) is 0.418. The van der Waals surface area contributed by atoms with Crippen LogP contribution in [0.4, 0.5) is 0 Å². The van der Waals surface area contributed by atoms with Gasteiger partial charge in [-0.3, -0.25) is 4.79 Å². The first-order valence-corrected chi connectivity index (χ1v) is 11.2. The molecular weight excluding hydrogens is 306 g/mol. The van der Waals surface area contributed by atoms with E-state index in [1.165, 1.54) is 51.4 Å². The lowest BCUT2D eigenvalue weighted by molar-refractivity contribution is -0.145. The number of carbonyl (C=O) groups excluding carboxylic acids is 1. The van der Waals surface area contributed by atoms with Gasteiger partial charge in [0.15, 0.2) is 0 Å². The van der Waals surface area contributed by atoms with Crippen molar-refractivity contribution in [1.82, 2.24) is 4.90 Å². The summed E-state index contributed by atoms with van der Waals surface area (Å²) in [4.78, 5) is 15.4. The van der Waals surface area contributed by atoms with Crippen molar-refractivity contribution in [3.05, 3.63) is 0 Å². The van der Waals surface area contributed by atoms with Crippen molar-refractivity contribution >= 4 is 5.91 Å². The molecule has 3 atom stereocenters. The van der Waals surface area contributed by atoms with Gasteiger partial charge in [0.25, 0.3) is 0 Å². The van der Waals surface area contributed by atoms with Crippen LogP contribution in [0.15, 0.2) is 0 Å². The lowest BCUT2D eigenvalue weighted by atomic mass is 9.56. The SMILES string of the molecule is CCCCCC(CC)C(=O)N1CC(C)C(C)(C2CCCCC2)C(C)C1. The van der Waals surface area contributed by atoms with Crippen molar-refractivity contribution in [2.24, 2.45) is 29.1 Å². The van der Waals surface area contributed by atoms with Gasteiger partial charge in [-0.2, -0.15) is 0 Å². The third-order valence-corrected chi connectivity index (χ3v) is 7.91. The lowest BCUT2D eigenvalue weighted by Gasteiger charge is -2.54. The van der Waals surface area contributed by atoms with Gasteiger partial charge in [0.2, 0.25) is 5.91 Å². The van der Waals surface area contributed by atoms with Crippen LogP contribution in [-0.2, 0) is 4.79 Å². The first kappa shape index (κ1) is 20.8. The van der Waals surface area contributed by atoms with Gasteiger partial charge in [0.1, 0.15) is 0 Å². The summed E-state index contributed by atoms with van der Waals surface area (Å²) in [6.07, 6.45) is 12.9. The van der Waals surface area contributed by atoms with Gasteiger partial charge in [0.05, 0.1) is 0 Å². The molecule has 1 saturated carbocycles. The van der Waals surface area contributed by atoms with Crippen LogP contribution in [0, 0.1) is 29.1 Å². The molecule has 1 saturated heterocycles. The first-order chi connectivity index (χ1) is 11.9. The standard InChI is InChI=1S/C23H43NO/c1-6-8-10-13-20(7-2)22(25)24-16-18(3)23(5,19(4)17-24)21-14-11-9-12-15-21/h18-21H,6-17H2,1-5H3. The Hall–Kier alpha value is -0.530. The second-order valence-electron chi connectivity index (χ2n) is 9.35. The maximum atomic E-state index is 13.1. The molecule has 0 radical (unpaired) electrons. The Morgan fingerprint density at radius 3 is 2.16 bits per heavy atom. The van der Waals surface area contributed by atoms with Gasteiger partial charge in [-0.15, -0.1) is 0 Å². The summed E-state index contributed by atoms with van der Waals surface area (Å²) in [5.74, 6) is 2.82. The Morgan fingerprint density at radius 2 is 1.64 bits per heavy atom. The fraction of sp³-hybridized carbons (Fsp3) is 0.957. The third-order valence-electron chi connectivity index (χ3n) is 7.91. The number of unbranched alkanes of at least 4 members (excludes halogenated alkanes) is 2. The highest BCUT2D eigenvalue weighted by molar-refractivity contribution is 5.79. The van der Waals surface area contributed by atoms with Gasteiger partial charge in [-0.25, -0.2) is 0 Å². The van der Waals surface area contributed by atoms with E-state index in [0.717, 1.165) is 31.8 Å². The fourth-order valence-electron chi connectivity index (χ4n) is 5.73. The maximum Gasteiger partial charge on any atom is 0.225 e. The summed E-state index contributed by atoms with van der Waals surface area (Å²) in [6, 6.07) is 0. The lowest BCUT2D eigenvalue weighted by Crippen LogP contribution is -2.56. The van der Waals surface area contributed by atoms with E-state index in [-0.39, 0.29) is 5.92 Å². The van der Waals surface area contributed by atoms with E-state index in [4.69, 9.17) is 0 Å². The first-order valence-electron chi connectivity index (χ1n) is 11.2. The van der Waals surface area contributed by atoms with Gasteiger partial charge >= 0.3 is 0 Å². The largest absolute Gasteiger partial charge is 0.342 e. The number of hydrogen-bond acceptors (Lipinski definition) is 1. The molecular formula is C23H43NO. The number of hydrogen-bond donors (Lipinski definition) is 0. The second-order valence-corrected chi connectivity index (χ2v) is 9.35. The number of carbonyl (C=O) groups is 1. The van der Waals surface area contributed by atoms with Crippen molar-refractivity contribution in [3.63, 3.8) is 0 Å². The number of amides is 1. The van der Waals surface area contributed by atoms with Gasteiger partial charge in [-0.05, 0) is 48.9 Å². The summed E-state index contributed by atoms with van der Waals surface area (Å²) < 4.78 is 0. The average Bonchev–Trinajstić information content (AvgIpc) is 2.63. The molecule has 1 aliphatic carbocycles. The molecule has 0 bridgehead atoms. The minimum atomic E-state index is 0.255. The van der Waals surface area contributed by atoms with Crippen LogP contribution in [-0.4, -0.2) is 23.9 Å². The molecule has 25 heavy (non-hydrogen) atoms. The summed E-state index contributed by atoms with van der Waals surface area (Å²) in [6.45, 7) is 13.8. The Bertz CT molecular complexity index is 400. The maximum absolute atomic E-state index is 13.1. The molecule has 2 nitrogen and oxygen atoms in total. The average molecular weight is 350 g/mol. The number of rotatable bonds is 7. The molecule has 0 aromatic heterocycles. The molecule has 0 N–H and O–H groups in total. The molecule has 2 heteroatoms.